The molecule has 7 heteroatoms. The van der Waals surface area contributed by atoms with Crippen LogP contribution in [0.5, 0.6) is 5.75 Å². The summed E-state index contributed by atoms with van der Waals surface area (Å²) in [5, 5.41) is 4.67. The number of benzene rings is 2. The van der Waals surface area contributed by atoms with E-state index in [2.05, 4.69) is 10.3 Å². The van der Waals surface area contributed by atoms with Crippen molar-refractivity contribution in [2.75, 3.05) is 25.5 Å². The molecule has 1 aliphatic rings. The van der Waals surface area contributed by atoms with Crippen LogP contribution in [0.4, 0.5) is 5.69 Å². The van der Waals surface area contributed by atoms with Crippen LogP contribution in [0.25, 0.3) is 10.9 Å². The fraction of sp³-hybridized carbons (Fsp3) is 0.348. The van der Waals surface area contributed by atoms with Crippen molar-refractivity contribution < 1.29 is 13.2 Å². The van der Waals surface area contributed by atoms with Gasteiger partial charge in [-0.3, -0.25) is 4.98 Å². The van der Waals surface area contributed by atoms with Crippen LogP contribution in [-0.2, 0) is 15.8 Å². The summed E-state index contributed by atoms with van der Waals surface area (Å²) in [7, 11) is -1.66. The van der Waals surface area contributed by atoms with Crippen molar-refractivity contribution in [3.63, 3.8) is 0 Å². The standard InChI is InChI=1S/C23H27N3O3S/c1-17-15-24-23-20(9-6-10-21(23)29-2)22(17)25-19-11-13-26(14-12-19)30(27,28)16-18-7-4-3-5-8-18/h3-10,15,19H,11-14,16H2,1-2H3,(H,24,25). The van der Waals surface area contributed by atoms with Crippen molar-refractivity contribution >= 4 is 26.6 Å². The quantitative estimate of drug-likeness (QED) is 0.647. The summed E-state index contributed by atoms with van der Waals surface area (Å²) < 4.78 is 32.7. The maximum absolute atomic E-state index is 12.8. The molecule has 2 heterocycles. The van der Waals surface area contributed by atoms with Gasteiger partial charge in [-0.2, -0.15) is 0 Å². The summed E-state index contributed by atoms with van der Waals surface area (Å²) in [4.78, 5) is 4.54. The van der Waals surface area contributed by atoms with Crippen LogP contribution in [0, 0.1) is 6.92 Å². The number of pyridine rings is 1. The van der Waals surface area contributed by atoms with Crippen LogP contribution in [-0.4, -0.2) is 43.9 Å². The first kappa shape index (κ1) is 20.6. The minimum atomic E-state index is -3.31. The van der Waals surface area contributed by atoms with Crippen molar-refractivity contribution in [3.8, 4) is 5.75 Å². The maximum atomic E-state index is 12.8. The molecule has 4 rings (SSSR count). The number of hydrogen-bond donors (Lipinski definition) is 1. The Hall–Kier alpha value is -2.64. The van der Waals surface area contributed by atoms with Crippen LogP contribution in [0.3, 0.4) is 0 Å². The Kier molecular flexibility index (Phi) is 5.92. The van der Waals surface area contributed by atoms with Crippen LogP contribution in [0.2, 0.25) is 0 Å². The topological polar surface area (TPSA) is 71.5 Å². The Bertz CT molecular complexity index is 1130. The van der Waals surface area contributed by atoms with Gasteiger partial charge in [-0.15, -0.1) is 0 Å². The van der Waals surface area contributed by atoms with Crippen LogP contribution in [0.15, 0.2) is 54.7 Å². The normalized spacial score (nSPS) is 15.9. The average Bonchev–Trinajstić information content (AvgIpc) is 2.76. The van der Waals surface area contributed by atoms with Crippen LogP contribution >= 0.6 is 0 Å². The van der Waals surface area contributed by atoms with E-state index < -0.39 is 10.0 Å². The van der Waals surface area contributed by atoms with Gasteiger partial charge < -0.3 is 10.1 Å². The van der Waals surface area contributed by atoms with Crippen LogP contribution in [0.1, 0.15) is 24.0 Å². The molecule has 1 saturated heterocycles. The highest BCUT2D eigenvalue weighted by Gasteiger charge is 2.28. The average molecular weight is 426 g/mol. The third-order valence-electron chi connectivity index (χ3n) is 5.66. The molecule has 6 nitrogen and oxygen atoms in total. The summed E-state index contributed by atoms with van der Waals surface area (Å²) in [6, 6.07) is 15.5. The molecule has 0 amide bonds. The minimum Gasteiger partial charge on any atom is -0.494 e. The molecule has 3 aromatic rings. The molecule has 2 aromatic carbocycles. The van der Waals surface area contributed by atoms with Gasteiger partial charge in [0.05, 0.1) is 12.9 Å². The summed E-state index contributed by atoms with van der Waals surface area (Å²) in [5.41, 5.74) is 3.76. The lowest BCUT2D eigenvalue weighted by Crippen LogP contribution is -2.42. The van der Waals surface area contributed by atoms with Crippen molar-refractivity contribution in [1.82, 2.24) is 9.29 Å². The van der Waals surface area contributed by atoms with E-state index in [0.29, 0.717) is 13.1 Å². The number of piperidine rings is 1. The zero-order valence-electron chi connectivity index (χ0n) is 17.3. The number of nitrogens with zero attached hydrogens (tertiary/aromatic N) is 2. The molecule has 30 heavy (non-hydrogen) atoms. The second-order valence-electron chi connectivity index (χ2n) is 7.73. The summed E-state index contributed by atoms with van der Waals surface area (Å²) in [6.07, 6.45) is 3.38. The van der Waals surface area contributed by atoms with E-state index in [1.807, 2.05) is 61.7 Å². The first-order valence-corrected chi connectivity index (χ1v) is 11.8. The molecule has 0 radical (unpaired) electrons. The van der Waals surface area contributed by atoms with Crippen molar-refractivity contribution in [3.05, 3.63) is 65.9 Å². The number of para-hydroxylation sites is 1. The predicted octanol–water partition coefficient (Wildman–Crippen LogP) is 3.96. The van der Waals surface area contributed by atoms with E-state index in [1.54, 1.807) is 11.4 Å². The molecule has 0 atom stereocenters. The number of rotatable bonds is 6. The molecule has 1 N–H and O–H groups in total. The Balaban J connectivity index is 1.46. The lowest BCUT2D eigenvalue weighted by atomic mass is 10.0. The molecular weight excluding hydrogens is 398 g/mol. The summed E-state index contributed by atoms with van der Waals surface area (Å²) in [6.45, 7) is 3.09. The van der Waals surface area contributed by atoms with E-state index in [4.69, 9.17) is 4.74 Å². The fourth-order valence-corrected chi connectivity index (χ4v) is 5.57. The summed E-state index contributed by atoms with van der Waals surface area (Å²) >= 11 is 0. The van der Waals surface area contributed by atoms with Gasteiger partial charge in [0.15, 0.2) is 0 Å². The van der Waals surface area contributed by atoms with Gasteiger partial charge in [0, 0.05) is 36.4 Å². The molecule has 0 bridgehead atoms. The highest BCUT2D eigenvalue weighted by Crippen LogP contribution is 2.32. The second kappa shape index (κ2) is 8.62. The molecule has 158 valence electrons. The lowest BCUT2D eigenvalue weighted by molar-refractivity contribution is 0.329. The van der Waals surface area contributed by atoms with Gasteiger partial charge >= 0.3 is 0 Å². The second-order valence-corrected chi connectivity index (χ2v) is 9.70. The van der Waals surface area contributed by atoms with Gasteiger partial charge in [0.25, 0.3) is 0 Å². The molecule has 0 spiro atoms. The monoisotopic (exact) mass is 425 g/mol. The number of sulfonamides is 1. The highest BCUT2D eigenvalue weighted by atomic mass is 32.2. The molecular formula is C23H27N3O3S. The Morgan fingerprint density at radius 2 is 1.83 bits per heavy atom. The number of aromatic nitrogens is 1. The minimum absolute atomic E-state index is 0.0554. The van der Waals surface area contributed by atoms with E-state index in [-0.39, 0.29) is 11.8 Å². The smallest absolute Gasteiger partial charge is 0.218 e. The molecule has 0 saturated carbocycles. The van der Waals surface area contributed by atoms with E-state index in [0.717, 1.165) is 46.3 Å². The van der Waals surface area contributed by atoms with Crippen molar-refractivity contribution in [2.24, 2.45) is 0 Å². The van der Waals surface area contributed by atoms with Gasteiger partial charge in [0.1, 0.15) is 11.3 Å². The van der Waals surface area contributed by atoms with Crippen LogP contribution < -0.4 is 10.1 Å². The largest absolute Gasteiger partial charge is 0.494 e. The highest BCUT2D eigenvalue weighted by molar-refractivity contribution is 7.88. The molecule has 0 aliphatic carbocycles. The predicted molar refractivity (Wildman–Crippen MR) is 120 cm³/mol. The number of methoxy groups -OCH3 is 1. The first-order valence-electron chi connectivity index (χ1n) is 10.2. The molecule has 1 fully saturated rings. The Labute approximate surface area is 177 Å². The van der Waals surface area contributed by atoms with E-state index >= 15 is 0 Å². The number of ether oxygens (including phenoxy) is 1. The Morgan fingerprint density at radius 3 is 2.53 bits per heavy atom. The third kappa shape index (κ3) is 4.27. The molecule has 0 unspecified atom stereocenters. The van der Waals surface area contributed by atoms with Gasteiger partial charge in [0.2, 0.25) is 10.0 Å². The number of hydrogen-bond acceptors (Lipinski definition) is 5. The number of nitrogens with one attached hydrogen (secondary N) is 1. The van der Waals surface area contributed by atoms with Crippen molar-refractivity contribution in [2.45, 2.75) is 31.6 Å². The van der Waals surface area contributed by atoms with Crippen molar-refractivity contribution in [1.29, 1.82) is 0 Å². The number of fused-ring (bicyclic) bond motifs is 1. The molecule has 1 aliphatic heterocycles. The SMILES string of the molecule is COc1cccc2c(NC3CCN(S(=O)(=O)Cc4ccccc4)CC3)c(C)cnc12. The molecule has 1 aromatic heterocycles. The first-order chi connectivity index (χ1) is 14.5. The van der Waals surface area contributed by atoms with Gasteiger partial charge in [-0.05, 0) is 37.0 Å². The summed E-state index contributed by atoms with van der Waals surface area (Å²) in [5.74, 6) is 0.803. The number of anilines is 1. The van der Waals surface area contributed by atoms with Gasteiger partial charge in [-0.25, -0.2) is 12.7 Å². The Morgan fingerprint density at radius 1 is 1.10 bits per heavy atom. The zero-order valence-corrected chi connectivity index (χ0v) is 18.2. The lowest BCUT2D eigenvalue weighted by Gasteiger charge is -2.32. The third-order valence-corrected chi connectivity index (χ3v) is 7.51. The van der Waals surface area contributed by atoms with E-state index in [1.165, 1.54) is 0 Å². The van der Waals surface area contributed by atoms with E-state index in [9.17, 15) is 8.42 Å². The maximum Gasteiger partial charge on any atom is 0.218 e. The number of aryl methyl sites for hydroxylation is 1. The zero-order chi connectivity index (χ0) is 21.1. The fourth-order valence-electron chi connectivity index (χ4n) is 4.01. The van der Waals surface area contributed by atoms with Gasteiger partial charge in [-0.1, -0.05) is 42.5 Å².